The Morgan fingerprint density at radius 1 is 1.47 bits per heavy atom. The summed E-state index contributed by atoms with van der Waals surface area (Å²) in [5, 5.41) is 0. The fraction of sp³-hybridized carbons (Fsp3) is 0.500. The van der Waals surface area contributed by atoms with Crippen LogP contribution in [0.15, 0.2) is 18.2 Å². The summed E-state index contributed by atoms with van der Waals surface area (Å²) in [6.07, 6.45) is 2.00. The topological polar surface area (TPSA) is 52.3 Å². The van der Waals surface area contributed by atoms with Crippen LogP contribution in [0.4, 0.5) is 0 Å². The third kappa shape index (κ3) is 2.20. The van der Waals surface area contributed by atoms with Crippen molar-refractivity contribution >= 4 is 5.78 Å². The SMILES string of the molecule is CC(C)(CN)C(=O)c1cccc2c1OCCC2. The van der Waals surface area contributed by atoms with Gasteiger partial charge in [-0.1, -0.05) is 26.0 Å². The van der Waals surface area contributed by atoms with Crippen LogP contribution in [0.3, 0.4) is 0 Å². The Balaban J connectivity index is 2.42. The molecule has 0 atom stereocenters. The first-order valence-corrected chi connectivity index (χ1v) is 6.06. The monoisotopic (exact) mass is 233 g/mol. The number of aryl methyl sites for hydroxylation is 1. The molecule has 0 saturated heterocycles. The van der Waals surface area contributed by atoms with Crippen LogP contribution in [0, 0.1) is 5.41 Å². The molecule has 0 fully saturated rings. The zero-order valence-electron chi connectivity index (χ0n) is 10.5. The summed E-state index contributed by atoms with van der Waals surface area (Å²) in [6.45, 7) is 4.78. The third-order valence-corrected chi connectivity index (χ3v) is 3.30. The molecule has 1 aliphatic heterocycles. The number of rotatable bonds is 3. The molecule has 2 rings (SSSR count). The van der Waals surface area contributed by atoms with Crippen molar-refractivity contribution in [3.63, 3.8) is 0 Å². The number of Topliss-reactive ketones (excluding diaryl/α,β-unsaturated/α-hetero) is 1. The number of fused-ring (bicyclic) bond motifs is 1. The van der Waals surface area contributed by atoms with Crippen molar-refractivity contribution in [3.8, 4) is 5.75 Å². The van der Waals surface area contributed by atoms with Gasteiger partial charge in [-0.3, -0.25) is 4.79 Å². The first kappa shape index (κ1) is 12.1. The van der Waals surface area contributed by atoms with Crippen LogP contribution < -0.4 is 10.5 Å². The fourth-order valence-corrected chi connectivity index (χ4v) is 2.03. The predicted octanol–water partition coefficient (Wildman–Crippen LogP) is 2.18. The summed E-state index contributed by atoms with van der Waals surface area (Å²) in [5.41, 5.74) is 6.94. The molecular weight excluding hydrogens is 214 g/mol. The molecular formula is C14H19NO2. The minimum atomic E-state index is -0.532. The van der Waals surface area contributed by atoms with Gasteiger partial charge in [-0.25, -0.2) is 0 Å². The van der Waals surface area contributed by atoms with E-state index in [1.54, 1.807) is 0 Å². The van der Waals surface area contributed by atoms with Crippen molar-refractivity contribution in [3.05, 3.63) is 29.3 Å². The summed E-state index contributed by atoms with van der Waals surface area (Å²) < 4.78 is 5.65. The second kappa shape index (κ2) is 4.49. The summed E-state index contributed by atoms with van der Waals surface area (Å²) in [4.78, 5) is 12.4. The third-order valence-electron chi connectivity index (χ3n) is 3.30. The lowest BCUT2D eigenvalue weighted by Crippen LogP contribution is -2.33. The molecule has 0 saturated carbocycles. The minimum absolute atomic E-state index is 0.0683. The second-order valence-corrected chi connectivity index (χ2v) is 5.16. The smallest absolute Gasteiger partial charge is 0.173 e. The zero-order valence-corrected chi connectivity index (χ0v) is 10.5. The van der Waals surface area contributed by atoms with Crippen LogP contribution in [-0.2, 0) is 6.42 Å². The number of benzene rings is 1. The van der Waals surface area contributed by atoms with Gasteiger partial charge in [0, 0.05) is 12.0 Å². The lowest BCUT2D eigenvalue weighted by atomic mass is 9.83. The van der Waals surface area contributed by atoms with E-state index in [-0.39, 0.29) is 5.78 Å². The Morgan fingerprint density at radius 2 is 2.24 bits per heavy atom. The number of carbonyl (C=O) groups is 1. The quantitative estimate of drug-likeness (QED) is 0.814. The number of ether oxygens (including phenoxy) is 1. The first-order valence-electron chi connectivity index (χ1n) is 6.06. The minimum Gasteiger partial charge on any atom is -0.493 e. The predicted molar refractivity (Wildman–Crippen MR) is 67.4 cm³/mol. The number of ketones is 1. The maximum atomic E-state index is 12.4. The van der Waals surface area contributed by atoms with Gasteiger partial charge in [0.25, 0.3) is 0 Å². The molecule has 1 heterocycles. The molecule has 1 aliphatic rings. The molecule has 0 unspecified atom stereocenters. The van der Waals surface area contributed by atoms with Crippen molar-refractivity contribution in [2.45, 2.75) is 26.7 Å². The van der Waals surface area contributed by atoms with Crippen molar-refractivity contribution in [1.82, 2.24) is 0 Å². The van der Waals surface area contributed by atoms with E-state index >= 15 is 0 Å². The van der Waals surface area contributed by atoms with E-state index in [4.69, 9.17) is 10.5 Å². The summed E-state index contributed by atoms with van der Waals surface area (Å²) >= 11 is 0. The first-order chi connectivity index (χ1) is 8.06. The number of hydrogen-bond donors (Lipinski definition) is 1. The average Bonchev–Trinajstić information content (AvgIpc) is 2.37. The van der Waals surface area contributed by atoms with Crippen LogP contribution in [0.25, 0.3) is 0 Å². The number of carbonyl (C=O) groups excluding carboxylic acids is 1. The largest absolute Gasteiger partial charge is 0.493 e. The van der Waals surface area contributed by atoms with Gasteiger partial charge in [-0.2, -0.15) is 0 Å². The lowest BCUT2D eigenvalue weighted by Gasteiger charge is -2.25. The highest BCUT2D eigenvalue weighted by atomic mass is 16.5. The molecule has 0 aliphatic carbocycles. The van der Waals surface area contributed by atoms with Gasteiger partial charge in [0.2, 0.25) is 0 Å². The highest BCUT2D eigenvalue weighted by molar-refractivity contribution is 6.02. The van der Waals surface area contributed by atoms with E-state index in [0.29, 0.717) is 18.7 Å². The highest BCUT2D eigenvalue weighted by Gasteiger charge is 2.30. The van der Waals surface area contributed by atoms with Crippen LogP contribution in [0.1, 0.15) is 36.2 Å². The highest BCUT2D eigenvalue weighted by Crippen LogP contribution is 2.33. The zero-order chi connectivity index (χ0) is 12.5. The van der Waals surface area contributed by atoms with Gasteiger partial charge in [0.05, 0.1) is 12.2 Å². The molecule has 3 heteroatoms. The van der Waals surface area contributed by atoms with E-state index in [2.05, 4.69) is 0 Å². The second-order valence-electron chi connectivity index (χ2n) is 5.16. The van der Waals surface area contributed by atoms with Crippen molar-refractivity contribution in [2.24, 2.45) is 11.1 Å². The van der Waals surface area contributed by atoms with Crippen molar-refractivity contribution in [1.29, 1.82) is 0 Å². The molecule has 0 amide bonds. The molecule has 0 spiro atoms. The Labute approximate surface area is 102 Å². The standard InChI is InChI=1S/C14H19NO2/c1-14(2,9-15)13(16)11-7-3-5-10-6-4-8-17-12(10)11/h3,5,7H,4,6,8-9,15H2,1-2H3. The van der Waals surface area contributed by atoms with Crippen LogP contribution in [-0.4, -0.2) is 18.9 Å². The average molecular weight is 233 g/mol. The van der Waals surface area contributed by atoms with Gasteiger partial charge >= 0.3 is 0 Å². The summed E-state index contributed by atoms with van der Waals surface area (Å²) in [7, 11) is 0. The number of nitrogens with two attached hydrogens (primary N) is 1. The molecule has 0 radical (unpaired) electrons. The van der Waals surface area contributed by atoms with Crippen LogP contribution >= 0.6 is 0 Å². The molecule has 0 aromatic heterocycles. The van der Waals surface area contributed by atoms with E-state index in [0.717, 1.165) is 24.2 Å². The maximum Gasteiger partial charge on any atom is 0.173 e. The van der Waals surface area contributed by atoms with Gasteiger partial charge in [-0.15, -0.1) is 0 Å². The summed E-state index contributed by atoms with van der Waals surface area (Å²) in [5.74, 6) is 0.837. The Kier molecular flexibility index (Phi) is 3.20. The van der Waals surface area contributed by atoms with Crippen LogP contribution in [0.5, 0.6) is 5.75 Å². The molecule has 1 aromatic carbocycles. The fourth-order valence-electron chi connectivity index (χ4n) is 2.03. The molecule has 3 nitrogen and oxygen atoms in total. The maximum absolute atomic E-state index is 12.4. The Bertz CT molecular complexity index is 438. The van der Waals surface area contributed by atoms with E-state index in [1.165, 1.54) is 0 Å². The Hall–Kier alpha value is -1.35. The van der Waals surface area contributed by atoms with Gasteiger partial charge in [0.15, 0.2) is 5.78 Å². The van der Waals surface area contributed by atoms with E-state index < -0.39 is 5.41 Å². The van der Waals surface area contributed by atoms with Gasteiger partial charge in [-0.05, 0) is 24.5 Å². The van der Waals surface area contributed by atoms with Crippen LogP contribution in [0.2, 0.25) is 0 Å². The number of hydrogen-bond acceptors (Lipinski definition) is 3. The molecule has 0 bridgehead atoms. The van der Waals surface area contributed by atoms with Gasteiger partial charge in [0.1, 0.15) is 5.75 Å². The molecule has 92 valence electrons. The molecule has 1 aromatic rings. The summed E-state index contributed by atoms with van der Waals surface area (Å²) in [6, 6.07) is 5.79. The Morgan fingerprint density at radius 3 is 2.94 bits per heavy atom. The van der Waals surface area contributed by atoms with E-state index in [1.807, 2.05) is 32.0 Å². The lowest BCUT2D eigenvalue weighted by molar-refractivity contribution is 0.0842. The van der Waals surface area contributed by atoms with Gasteiger partial charge < -0.3 is 10.5 Å². The van der Waals surface area contributed by atoms with Crippen molar-refractivity contribution in [2.75, 3.05) is 13.2 Å². The molecule has 2 N–H and O–H groups in total. The number of para-hydroxylation sites is 1. The van der Waals surface area contributed by atoms with E-state index in [9.17, 15) is 4.79 Å². The van der Waals surface area contributed by atoms with Crippen molar-refractivity contribution < 1.29 is 9.53 Å². The normalized spacial score (nSPS) is 15.0. The molecule has 17 heavy (non-hydrogen) atoms.